The standard InChI is InChI=1S/C12H16FNO/c1-3-12(15)9-14(4-2)11-7-5-10(13)6-8-11/h5-8H,3-4,9H2,1-2H3. The number of carbonyl (C=O) groups is 1. The molecule has 1 rings (SSSR count). The van der Waals surface area contributed by atoms with Crippen LogP contribution in [-0.4, -0.2) is 18.9 Å². The summed E-state index contributed by atoms with van der Waals surface area (Å²) < 4.78 is 12.7. The minimum absolute atomic E-state index is 0.196. The van der Waals surface area contributed by atoms with Gasteiger partial charge in [-0.2, -0.15) is 0 Å². The zero-order valence-electron chi connectivity index (χ0n) is 9.16. The van der Waals surface area contributed by atoms with Crippen molar-refractivity contribution >= 4 is 11.5 Å². The molecule has 1 aromatic carbocycles. The molecule has 0 aromatic heterocycles. The quantitative estimate of drug-likeness (QED) is 0.743. The summed E-state index contributed by atoms with van der Waals surface area (Å²) in [6.07, 6.45) is 0.539. The smallest absolute Gasteiger partial charge is 0.151 e. The van der Waals surface area contributed by atoms with Crippen LogP contribution in [0.2, 0.25) is 0 Å². The average molecular weight is 209 g/mol. The van der Waals surface area contributed by atoms with Crippen LogP contribution in [0.5, 0.6) is 0 Å². The molecule has 1 aromatic rings. The van der Waals surface area contributed by atoms with Gasteiger partial charge in [0.25, 0.3) is 0 Å². The van der Waals surface area contributed by atoms with E-state index >= 15 is 0 Å². The maximum Gasteiger partial charge on any atom is 0.151 e. The van der Waals surface area contributed by atoms with Crippen molar-refractivity contribution in [2.45, 2.75) is 20.3 Å². The Morgan fingerprint density at radius 3 is 2.33 bits per heavy atom. The third-order valence-electron chi connectivity index (χ3n) is 2.34. The molecule has 0 saturated heterocycles. The van der Waals surface area contributed by atoms with E-state index in [0.29, 0.717) is 13.0 Å². The maximum absolute atomic E-state index is 12.7. The van der Waals surface area contributed by atoms with Gasteiger partial charge < -0.3 is 4.90 Å². The summed E-state index contributed by atoms with van der Waals surface area (Å²) in [5.74, 6) is -0.0576. The van der Waals surface area contributed by atoms with E-state index in [4.69, 9.17) is 0 Å². The van der Waals surface area contributed by atoms with Gasteiger partial charge in [0, 0.05) is 18.7 Å². The van der Waals surface area contributed by atoms with Gasteiger partial charge in [-0.3, -0.25) is 4.79 Å². The molecule has 0 saturated carbocycles. The predicted molar refractivity (Wildman–Crippen MR) is 59.6 cm³/mol. The number of halogens is 1. The number of anilines is 1. The first-order chi connectivity index (χ1) is 7.17. The van der Waals surface area contributed by atoms with E-state index in [1.54, 1.807) is 12.1 Å². The van der Waals surface area contributed by atoms with Crippen LogP contribution >= 0.6 is 0 Å². The number of rotatable bonds is 5. The molecule has 2 nitrogen and oxygen atoms in total. The van der Waals surface area contributed by atoms with Crippen molar-refractivity contribution < 1.29 is 9.18 Å². The van der Waals surface area contributed by atoms with Gasteiger partial charge >= 0.3 is 0 Å². The monoisotopic (exact) mass is 209 g/mol. The molecule has 3 heteroatoms. The van der Waals surface area contributed by atoms with Crippen molar-refractivity contribution in [3.8, 4) is 0 Å². The molecule has 15 heavy (non-hydrogen) atoms. The molecule has 0 atom stereocenters. The van der Waals surface area contributed by atoms with Crippen LogP contribution in [0.1, 0.15) is 20.3 Å². The Balaban J connectivity index is 2.74. The van der Waals surface area contributed by atoms with Crippen molar-refractivity contribution in [2.75, 3.05) is 18.0 Å². The highest BCUT2D eigenvalue weighted by Crippen LogP contribution is 2.14. The summed E-state index contributed by atoms with van der Waals surface area (Å²) in [5, 5.41) is 0. The van der Waals surface area contributed by atoms with E-state index < -0.39 is 0 Å². The van der Waals surface area contributed by atoms with Gasteiger partial charge in [0.1, 0.15) is 5.82 Å². The van der Waals surface area contributed by atoms with E-state index in [2.05, 4.69) is 0 Å². The van der Waals surface area contributed by atoms with Gasteiger partial charge in [0.2, 0.25) is 0 Å². The first-order valence-corrected chi connectivity index (χ1v) is 5.19. The first kappa shape index (κ1) is 11.7. The number of nitrogens with zero attached hydrogens (tertiary/aromatic N) is 1. The summed E-state index contributed by atoms with van der Waals surface area (Å²) in [5.41, 5.74) is 0.890. The van der Waals surface area contributed by atoms with Crippen molar-refractivity contribution in [1.82, 2.24) is 0 Å². The lowest BCUT2D eigenvalue weighted by Crippen LogP contribution is -2.29. The largest absolute Gasteiger partial charge is 0.364 e. The highest BCUT2D eigenvalue weighted by atomic mass is 19.1. The Labute approximate surface area is 89.7 Å². The summed E-state index contributed by atoms with van der Waals surface area (Å²) in [6, 6.07) is 6.21. The molecule has 0 radical (unpaired) electrons. The summed E-state index contributed by atoms with van der Waals surface area (Å²) in [7, 11) is 0. The molecule has 0 aliphatic heterocycles. The molecule has 0 heterocycles. The third-order valence-corrected chi connectivity index (χ3v) is 2.34. The van der Waals surface area contributed by atoms with Crippen molar-refractivity contribution in [1.29, 1.82) is 0 Å². The summed E-state index contributed by atoms with van der Waals surface area (Å²) >= 11 is 0. The van der Waals surface area contributed by atoms with Crippen LogP contribution in [0.3, 0.4) is 0 Å². The molecule has 0 N–H and O–H groups in total. The normalized spacial score (nSPS) is 10.1. The minimum Gasteiger partial charge on any atom is -0.364 e. The lowest BCUT2D eigenvalue weighted by Gasteiger charge is -2.21. The third kappa shape index (κ3) is 3.35. The van der Waals surface area contributed by atoms with Gasteiger partial charge in [-0.15, -0.1) is 0 Å². The van der Waals surface area contributed by atoms with Crippen molar-refractivity contribution in [2.24, 2.45) is 0 Å². The van der Waals surface area contributed by atoms with Crippen molar-refractivity contribution in [3.63, 3.8) is 0 Å². The molecule has 0 spiro atoms. The van der Waals surface area contributed by atoms with Gasteiger partial charge in [0.05, 0.1) is 6.54 Å². The highest BCUT2D eigenvalue weighted by Gasteiger charge is 2.08. The van der Waals surface area contributed by atoms with Crippen LogP contribution in [0.15, 0.2) is 24.3 Å². The molecule has 0 unspecified atom stereocenters. The fraction of sp³-hybridized carbons (Fsp3) is 0.417. The maximum atomic E-state index is 12.7. The molecule has 82 valence electrons. The number of benzene rings is 1. The number of hydrogen-bond donors (Lipinski definition) is 0. The van der Waals surface area contributed by atoms with E-state index in [1.807, 2.05) is 18.7 Å². The topological polar surface area (TPSA) is 20.3 Å². The fourth-order valence-electron chi connectivity index (χ4n) is 1.36. The molecule has 0 aliphatic carbocycles. The summed E-state index contributed by atoms with van der Waals surface area (Å²) in [4.78, 5) is 13.2. The van der Waals surface area contributed by atoms with Gasteiger partial charge in [-0.05, 0) is 31.2 Å². The second-order valence-corrected chi connectivity index (χ2v) is 3.38. The first-order valence-electron chi connectivity index (χ1n) is 5.19. The van der Waals surface area contributed by atoms with Crippen molar-refractivity contribution in [3.05, 3.63) is 30.1 Å². The number of Topliss-reactive ketones (excluding diaryl/α,β-unsaturated/α-hetero) is 1. The Kier molecular flexibility index (Phi) is 4.28. The molecular formula is C12H16FNO. The zero-order chi connectivity index (χ0) is 11.3. The number of ketones is 1. The van der Waals surface area contributed by atoms with Crippen LogP contribution < -0.4 is 4.90 Å². The van der Waals surface area contributed by atoms with Gasteiger partial charge in [-0.1, -0.05) is 6.92 Å². The SMILES string of the molecule is CCC(=O)CN(CC)c1ccc(F)cc1. The van der Waals surface area contributed by atoms with E-state index in [0.717, 1.165) is 12.2 Å². The second-order valence-electron chi connectivity index (χ2n) is 3.38. The van der Waals surface area contributed by atoms with E-state index in [1.165, 1.54) is 12.1 Å². The Morgan fingerprint density at radius 2 is 1.87 bits per heavy atom. The highest BCUT2D eigenvalue weighted by molar-refractivity contribution is 5.83. The molecule has 0 aliphatic rings. The van der Waals surface area contributed by atoms with Crippen LogP contribution in [-0.2, 0) is 4.79 Å². The van der Waals surface area contributed by atoms with E-state index in [-0.39, 0.29) is 11.6 Å². The number of hydrogen-bond acceptors (Lipinski definition) is 2. The van der Waals surface area contributed by atoms with E-state index in [9.17, 15) is 9.18 Å². The molecular weight excluding hydrogens is 193 g/mol. The Hall–Kier alpha value is -1.38. The lowest BCUT2D eigenvalue weighted by molar-refractivity contribution is -0.117. The van der Waals surface area contributed by atoms with Gasteiger partial charge in [0.15, 0.2) is 5.78 Å². The average Bonchev–Trinajstić information content (AvgIpc) is 2.27. The van der Waals surface area contributed by atoms with Gasteiger partial charge in [-0.25, -0.2) is 4.39 Å². The molecule has 0 bridgehead atoms. The fourth-order valence-corrected chi connectivity index (χ4v) is 1.36. The zero-order valence-corrected chi connectivity index (χ0v) is 9.16. The van der Waals surface area contributed by atoms with Crippen LogP contribution in [0.4, 0.5) is 10.1 Å². The second kappa shape index (κ2) is 5.49. The van der Waals surface area contributed by atoms with Crippen LogP contribution in [0, 0.1) is 5.82 Å². The van der Waals surface area contributed by atoms with Crippen LogP contribution in [0.25, 0.3) is 0 Å². The lowest BCUT2D eigenvalue weighted by atomic mass is 10.2. The number of likely N-dealkylation sites (N-methyl/N-ethyl adjacent to an activating group) is 1. The Bertz CT molecular complexity index is 321. The Morgan fingerprint density at radius 1 is 1.27 bits per heavy atom. The summed E-state index contributed by atoms with van der Waals surface area (Å²) in [6.45, 7) is 4.98. The number of carbonyl (C=O) groups excluding carboxylic acids is 1. The predicted octanol–water partition coefficient (Wildman–Crippen LogP) is 2.63. The minimum atomic E-state index is -0.253. The molecule has 0 amide bonds. The molecule has 0 fully saturated rings.